The van der Waals surface area contributed by atoms with Crippen molar-refractivity contribution in [3.63, 3.8) is 0 Å². The number of hydrogen-bond acceptors (Lipinski definition) is 0. The van der Waals surface area contributed by atoms with Gasteiger partial charge in [-0.2, -0.15) is 0 Å². The molecule has 71 heavy (non-hydrogen) atoms. The molecule has 0 heteroatoms. The van der Waals surface area contributed by atoms with Crippen LogP contribution in [0.25, 0.3) is 120 Å². The van der Waals surface area contributed by atoms with Gasteiger partial charge in [-0.15, -0.1) is 0 Å². The Hall–Kier alpha value is -7.28. The Bertz CT molecular complexity index is 4440. The van der Waals surface area contributed by atoms with Gasteiger partial charge in [-0.1, -0.05) is 191 Å². The SMILES string of the molecule is CC1(C)c2ccccc2-c2c1cc1c3c(c4c5cc6c7c(cc8c9c(cc(c%10c%11c(c2c1c4%10)C(C)(C)c1ccccc1-%11)c5c79)C(C)(C)c1ccccc1-8)-c1ccccc1C6(C)C)-c1ccccc1C3(C)C. The molecule has 0 aromatic heterocycles. The van der Waals surface area contributed by atoms with Gasteiger partial charge in [0.1, 0.15) is 0 Å². The van der Waals surface area contributed by atoms with E-state index in [0.29, 0.717) is 0 Å². The van der Waals surface area contributed by atoms with Crippen molar-refractivity contribution in [3.8, 4) is 55.6 Å². The molecule has 0 N–H and O–H groups in total. The minimum absolute atomic E-state index is 0.178. The normalized spacial score (nSPS) is 18.0. The largest absolute Gasteiger partial charge is 0.0619 e. The van der Waals surface area contributed by atoms with Crippen LogP contribution in [0.2, 0.25) is 0 Å². The first-order valence-electron chi connectivity index (χ1n) is 26.2. The first kappa shape index (κ1) is 39.4. The standard InChI is InChI=1S/C71H54/c1-67(2)45-26-16-11-21-35(45)40-31-41-36-22-12-17-27-46(36)68(3,4)51-33-43-53-42(32-50(67)55(40)62(53)56(41)51)57-60-38-24-14-19-29-48(38)70(7,8)65(60)44-34-52-54(37-23-13-18-28-47(37)69(52,5)6)64-59(44)63(57)58(43)61-39-25-15-20-30-49(39)71(9,10)66(61)64/h11-34H,1-10H3. The third-order valence-corrected chi connectivity index (χ3v) is 20.0. The van der Waals surface area contributed by atoms with Crippen molar-refractivity contribution >= 4 is 64.6 Å². The summed E-state index contributed by atoms with van der Waals surface area (Å²) in [4.78, 5) is 0. The van der Waals surface area contributed by atoms with E-state index < -0.39 is 0 Å². The molecule has 0 heterocycles. The summed E-state index contributed by atoms with van der Waals surface area (Å²) in [5, 5.41) is 17.3. The average Bonchev–Trinajstić information content (AvgIpc) is 3.87. The molecule has 0 spiro atoms. The third-order valence-electron chi connectivity index (χ3n) is 20.0. The van der Waals surface area contributed by atoms with Gasteiger partial charge < -0.3 is 0 Å². The van der Waals surface area contributed by atoms with E-state index in [4.69, 9.17) is 0 Å². The van der Waals surface area contributed by atoms with Gasteiger partial charge in [-0.05, 0) is 200 Å². The molecular formula is C71H54. The second-order valence-electron chi connectivity index (χ2n) is 25.0. The van der Waals surface area contributed by atoms with Crippen LogP contribution in [0.1, 0.15) is 125 Å². The fourth-order valence-electron chi connectivity index (χ4n) is 16.9. The molecule has 0 amide bonds. The lowest BCUT2D eigenvalue weighted by Gasteiger charge is -2.40. The minimum atomic E-state index is -0.268. The zero-order chi connectivity index (χ0) is 47.9. The van der Waals surface area contributed by atoms with Gasteiger partial charge in [0, 0.05) is 27.1 Å². The molecule has 5 aliphatic rings. The van der Waals surface area contributed by atoms with Gasteiger partial charge in [0.15, 0.2) is 0 Å². The number of benzene rings is 12. The Kier molecular flexibility index (Phi) is 6.52. The van der Waals surface area contributed by atoms with Crippen molar-refractivity contribution < 1.29 is 0 Å². The first-order valence-corrected chi connectivity index (χ1v) is 26.2. The van der Waals surface area contributed by atoms with E-state index in [9.17, 15) is 0 Å². The molecule has 0 bridgehead atoms. The van der Waals surface area contributed by atoms with E-state index in [1.807, 2.05) is 0 Å². The van der Waals surface area contributed by atoms with Crippen molar-refractivity contribution in [1.29, 1.82) is 0 Å². The summed E-state index contributed by atoms with van der Waals surface area (Å²) in [5.41, 5.74) is 27.3. The summed E-state index contributed by atoms with van der Waals surface area (Å²) < 4.78 is 0. The second-order valence-corrected chi connectivity index (χ2v) is 25.0. The van der Waals surface area contributed by atoms with Gasteiger partial charge in [0.25, 0.3) is 0 Å². The molecule has 0 fully saturated rings. The number of hydrogen-bond donors (Lipinski definition) is 0. The molecule has 0 saturated heterocycles. The quantitative estimate of drug-likeness (QED) is 0.105. The van der Waals surface area contributed by atoms with E-state index in [1.165, 1.54) is 176 Å². The Morgan fingerprint density at radius 1 is 0.211 bits per heavy atom. The fraction of sp³-hybridized carbons (Fsp3) is 0.211. The first-order chi connectivity index (χ1) is 34.1. The van der Waals surface area contributed by atoms with Crippen LogP contribution in [-0.2, 0) is 27.1 Å². The van der Waals surface area contributed by atoms with Crippen molar-refractivity contribution in [2.45, 2.75) is 96.3 Å². The predicted octanol–water partition coefficient (Wildman–Crippen LogP) is 19.0. The molecule has 12 aromatic carbocycles. The van der Waals surface area contributed by atoms with E-state index in [2.05, 4.69) is 215 Å². The Morgan fingerprint density at radius 2 is 0.563 bits per heavy atom. The average molecular weight is 907 g/mol. The molecule has 0 atom stereocenters. The van der Waals surface area contributed by atoms with Crippen LogP contribution < -0.4 is 0 Å². The van der Waals surface area contributed by atoms with E-state index in [-0.39, 0.29) is 27.1 Å². The zero-order valence-corrected chi connectivity index (χ0v) is 42.4. The lowest BCUT2D eigenvalue weighted by Crippen LogP contribution is -2.26. The summed E-state index contributed by atoms with van der Waals surface area (Å²) >= 11 is 0. The second kappa shape index (κ2) is 11.7. The maximum atomic E-state index is 2.73. The van der Waals surface area contributed by atoms with E-state index >= 15 is 0 Å². The molecule has 0 unspecified atom stereocenters. The van der Waals surface area contributed by atoms with E-state index in [0.717, 1.165) is 0 Å². The van der Waals surface area contributed by atoms with Gasteiger partial charge >= 0.3 is 0 Å². The lowest BCUT2D eigenvalue weighted by molar-refractivity contribution is 0.644. The maximum absolute atomic E-state index is 2.73. The fourth-order valence-corrected chi connectivity index (χ4v) is 16.9. The summed E-state index contributed by atoms with van der Waals surface area (Å²) in [6.07, 6.45) is 0. The van der Waals surface area contributed by atoms with Gasteiger partial charge in [-0.3, -0.25) is 0 Å². The van der Waals surface area contributed by atoms with Crippen LogP contribution in [0.4, 0.5) is 0 Å². The third kappa shape index (κ3) is 4.02. The van der Waals surface area contributed by atoms with Crippen LogP contribution >= 0.6 is 0 Å². The van der Waals surface area contributed by atoms with Gasteiger partial charge in [0.05, 0.1) is 0 Å². The highest BCUT2D eigenvalue weighted by Crippen LogP contribution is 2.68. The summed E-state index contributed by atoms with van der Waals surface area (Å²) in [5.74, 6) is 0. The highest BCUT2D eigenvalue weighted by atomic mass is 14.5. The number of fused-ring (bicyclic) bond motifs is 20. The van der Waals surface area contributed by atoms with Crippen molar-refractivity contribution in [1.82, 2.24) is 0 Å². The molecule has 12 aromatic rings. The van der Waals surface area contributed by atoms with Crippen LogP contribution in [-0.4, -0.2) is 0 Å². The van der Waals surface area contributed by atoms with Crippen LogP contribution in [0.3, 0.4) is 0 Å². The summed E-state index contributed by atoms with van der Waals surface area (Å²) in [7, 11) is 0. The van der Waals surface area contributed by atoms with E-state index in [1.54, 1.807) is 0 Å². The maximum Gasteiger partial charge on any atom is 0.0165 e. The Morgan fingerprint density at radius 3 is 1.06 bits per heavy atom. The van der Waals surface area contributed by atoms with Gasteiger partial charge in [0.2, 0.25) is 0 Å². The van der Waals surface area contributed by atoms with Crippen LogP contribution in [0, 0.1) is 0 Å². The molecule has 0 saturated carbocycles. The summed E-state index contributed by atoms with van der Waals surface area (Å²) in [6.45, 7) is 25.1. The minimum Gasteiger partial charge on any atom is -0.0619 e. The molecule has 338 valence electrons. The molecular weight excluding hydrogens is 853 g/mol. The highest BCUT2D eigenvalue weighted by Gasteiger charge is 2.49. The molecule has 0 nitrogen and oxygen atoms in total. The predicted molar refractivity (Wildman–Crippen MR) is 302 cm³/mol. The topological polar surface area (TPSA) is 0 Å². The van der Waals surface area contributed by atoms with Gasteiger partial charge in [-0.25, -0.2) is 0 Å². The molecule has 0 aliphatic heterocycles. The summed E-state index contributed by atoms with van der Waals surface area (Å²) in [6, 6.07) is 57.8. The number of rotatable bonds is 0. The zero-order valence-electron chi connectivity index (χ0n) is 42.4. The lowest BCUT2D eigenvalue weighted by atomic mass is 9.62. The Labute approximate surface area is 415 Å². The highest BCUT2D eigenvalue weighted by molar-refractivity contribution is 6.47. The van der Waals surface area contributed by atoms with Crippen molar-refractivity contribution in [2.75, 3.05) is 0 Å². The van der Waals surface area contributed by atoms with Crippen LogP contribution in [0.5, 0.6) is 0 Å². The molecule has 17 rings (SSSR count). The Balaban J connectivity index is 1.26. The van der Waals surface area contributed by atoms with Crippen LogP contribution in [0.15, 0.2) is 146 Å². The van der Waals surface area contributed by atoms with Crippen molar-refractivity contribution in [2.24, 2.45) is 0 Å². The van der Waals surface area contributed by atoms with Crippen molar-refractivity contribution in [3.05, 3.63) is 201 Å². The molecule has 5 aliphatic carbocycles. The monoisotopic (exact) mass is 906 g/mol. The molecule has 0 radical (unpaired) electrons. The smallest absolute Gasteiger partial charge is 0.0165 e.